The van der Waals surface area contributed by atoms with E-state index in [4.69, 9.17) is 0 Å². The Morgan fingerprint density at radius 1 is 0.903 bits per heavy atom. The molecule has 2 N–H and O–H groups in total. The number of H-pyrrole nitrogens is 2. The van der Waals surface area contributed by atoms with Gasteiger partial charge in [0.05, 0.1) is 46.7 Å². The van der Waals surface area contributed by atoms with Gasteiger partial charge in [0.15, 0.2) is 0 Å². The van der Waals surface area contributed by atoms with Crippen LogP contribution in [0.2, 0.25) is 0 Å². The van der Waals surface area contributed by atoms with Gasteiger partial charge in [-0.3, -0.25) is 20.1 Å². The number of fused-ring (bicyclic) bond motifs is 2. The maximum Gasteiger partial charge on any atom is 0.116 e. The Kier molecular flexibility index (Phi) is 4.17. The lowest BCUT2D eigenvalue weighted by molar-refractivity contribution is 0.313. The maximum atomic E-state index is 4.60. The van der Waals surface area contributed by atoms with Crippen LogP contribution in [0.15, 0.2) is 55.2 Å². The topological polar surface area (TPSA) is 89.6 Å². The third-order valence-corrected chi connectivity index (χ3v) is 6.03. The zero-order chi connectivity index (χ0) is 20.8. The molecule has 1 fully saturated rings. The molecule has 0 aliphatic carbocycles. The van der Waals surface area contributed by atoms with E-state index in [9.17, 15) is 0 Å². The van der Waals surface area contributed by atoms with Crippen molar-refractivity contribution in [3.8, 4) is 22.6 Å². The summed E-state index contributed by atoms with van der Waals surface area (Å²) in [6, 6.07) is 8.18. The minimum absolute atomic E-state index is 0.874. The largest absolute Gasteiger partial charge is 0.367 e. The second-order valence-electron chi connectivity index (χ2n) is 8.02. The van der Waals surface area contributed by atoms with Crippen molar-refractivity contribution in [3.63, 3.8) is 0 Å². The molecular formula is C23H22N8. The average Bonchev–Trinajstić information content (AvgIpc) is 3.43. The molecule has 0 amide bonds. The molecule has 0 aromatic carbocycles. The Morgan fingerprint density at radius 2 is 1.81 bits per heavy atom. The van der Waals surface area contributed by atoms with Crippen LogP contribution in [-0.2, 0) is 0 Å². The first-order valence-corrected chi connectivity index (χ1v) is 10.4. The van der Waals surface area contributed by atoms with Crippen LogP contribution in [0.3, 0.4) is 0 Å². The van der Waals surface area contributed by atoms with Crippen molar-refractivity contribution in [3.05, 3.63) is 55.2 Å². The summed E-state index contributed by atoms with van der Waals surface area (Å²) in [5.74, 6) is 0. The zero-order valence-corrected chi connectivity index (χ0v) is 17.2. The maximum absolute atomic E-state index is 4.60. The van der Waals surface area contributed by atoms with E-state index in [0.29, 0.717) is 0 Å². The van der Waals surface area contributed by atoms with E-state index in [2.05, 4.69) is 59.1 Å². The number of rotatable bonds is 3. The molecule has 1 saturated heterocycles. The van der Waals surface area contributed by atoms with Crippen molar-refractivity contribution in [2.75, 3.05) is 38.1 Å². The first kappa shape index (κ1) is 18.0. The van der Waals surface area contributed by atoms with Gasteiger partial charge in [0.25, 0.3) is 0 Å². The number of nitrogens with zero attached hydrogens (tertiary/aromatic N) is 6. The summed E-state index contributed by atoms with van der Waals surface area (Å²) in [6.45, 7) is 4.12. The fourth-order valence-electron chi connectivity index (χ4n) is 4.26. The highest BCUT2D eigenvalue weighted by Gasteiger charge is 2.19. The van der Waals surface area contributed by atoms with Crippen LogP contribution in [0.1, 0.15) is 0 Å². The Balaban J connectivity index is 1.44. The Bertz CT molecular complexity index is 1360. The summed E-state index contributed by atoms with van der Waals surface area (Å²) >= 11 is 0. The van der Waals surface area contributed by atoms with Crippen molar-refractivity contribution in [1.82, 2.24) is 35.0 Å². The molecule has 1 aliphatic heterocycles. The van der Waals surface area contributed by atoms with E-state index in [0.717, 1.165) is 65.2 Å². The van der Waals surface area contributed by atoms with Gasteiger partial charge < -0.3 is 14.8 Å². The molecule has 0 saturated carbocycles. The van der Waals surface area contributed by atoms with Gasteiger partial charge in [-0.05, 0) is 31.3 Å². The second kappa shape index (κ2) is 7.17. The van der Waals surface area contributed by atoms with Crippen molar-refractivity contribution in [2.45, 2.75) is 0 Å². The number of hydrogen-bond donors (Lipinski definition) is 2. The molecule has 1 aliphatic rings. The molecule has 0 bridgehead atoms. The molecule has 0 unspecified atom stereocenters. The molecule has 154 valence electrons. The summed E-state index contributed by atoms with van der Waals surface area (Å²) in [4.78, 5) is 21.6. The van der Waals surface area contributed by atoms with Crippen LogP contribution in [0, 0.1) is 0 Å². The number of hydrogen-bond acceptors (Lipinski definition) is 6. The number of nitrogens with one attached hydrogen (secondary N) is 2. The highest BCUT2D eigenvalue weighted by atomic mass is 15.3. The van der Waals surface area contributed by atoms with Gasteiger partial charge >= 0.3 is 0 Å². The van der Waals surface area contributed by atoms with Gasteiger partial charge in [0, 0.05) is 54.9 Å². The Morgan fingerprint density at radius 3 is 2.65 bits per heavy atom. The third kappa shape index (κ3) is 3.12. The van der Waals surface area contributed by atoms with Crippen molar-refractivity contribution in [1.29, 1.82) is 0 Å². The van der Waals surface area contributed by atoms with Gasteiger partial charge in [0.2, 0.25) is 0 Å². The third-order valence-electron chi connectivity index (χ3n) is 6.03. The van der Waals surface area contributed by atoms with E-state index < -0.39 is 0 Å². The smallest absolute Gasteiger partial charge is 0.116 e. The Hall–Kier alpha value is -3.78. The van der Waals surface area contributed by atoms with Crippen molar-refractivity contribution >= 4 is 27.5 Å². The summed E-state index contributed by atoms with van der Waals surface area (Å²) in [6.07, 6.45) is 9.27. The molecule has 5 aromatic rings. The summed E-state index contributed by atoms with van der Waals surface area (Å²) in [5.41, 5.74) is 6.79. The predicted molar refractivity (Wildman–Crippen MR) is 122 cm³/mol. The zero-order valence-electron chi connectivity index (χ0n) is 17.2. The summed E-state index contributed by atoms with van der Waals surface area (Å²) in [7, 11) is 2.17. The first-order valence-electron chi connectivity index (χ1n) is 10.4. The molecule has 5 aromatic heterocycles. The molecule has 0 spiro atoms. The Labute approximate surface area is 179 Å². The number of likely N-dealkylation sites (N-methyl/N-ethyl adjacent to an activating group) is 1. The fraction of sp³-hybridized carbons (Fsp3) is 0.217. The lowest BCUT2D eigenvalue weighted by atomic mass is 10.1. The van der Waals surface area contributed by atoms with E-state index >= 15 is 0 Å². The fourth-order valence-corrected chi connectivity index (χ4v) is 4.26. The number of pyridine rings is 3. The molecule has 6 heterocycles. The molecule has 0 radical (unpaired) electrons. The van der Waals surface area contributed by atoms with Gasteiger partial charge in [-0.2, -0.15) is 5.10 Å². The van der Waals surface area contributed by atoms with Crippen LogP contribution >= 0.6 is 0 Å². The van der Waals surface area contributed by atoms with E-state index in [1.807, 2.05) is 36.9 Å². The minimum atomic E-state index is 0.874. The molecule has 8 heteroatoms. The highest BCUT2D eigenvalue weighted by Crippen LogP contribution is 2.34. The standard InChI is InChI=1S/C23H22N8/c1-30-5-7-31(8-6-30)22-14-25-12-20-16(22)9-19(27-20)23-17-10-18(15-3-2-4-24-11-15)26-13-21(17)28-29-23/h2-4,9-14,27H,5-8H2,1H3,(H,28,29). The van der Waals surface area contributed by atoms with Crippen LogP contribution < -0.4 is 4.90 Å². The molecule has 31 heavy (non-hydrogen) atoms. The monoisotopic (exact) mass is 410 g/mol. The molecule has 6 rings (SSSR count). The molecule has 8 nitrogen and oxygen atoms in total. The van der Waals surface area contributed by atoms with Crippen molar-refractivity contribution < 1.29 is 0 Å². The van der Waals surface area contributed by atoms with Crippen LogP contribution in [0.25, 0.3) is 44.5 Å². The summed E-state index contributed by atoms with van der Waals surface area (Å²) < 4.78 is 0. The molecule has 0 atom stereocenters. The highest BCUT2D eigenvalue weighted by molar-refractivity contribution is 6.00. The SMILES string of the molecule is CN1CCN(c2cncc3[nH]c(-c4n[nH]c5cnc(-c6cccnc6)cc45)cc23)CC1. The van der Waals surface area contributed by atoms with Gasteiger partial charge in [-0.25, -0.2) is 0 Å². The van der Waals surface area contributed by atoms with E-state index in [-0.39, 0.29) is 0 Å². The lowest BCUT2D eigenvalue weighted by Gasteiger charge is -2.34. The van der Waals surface area contributed by atoms with Gasteiger partial charge in [0.1, 0.15) is 5.69 Å². The minimum Gasteiger partial charge on any atom is -0.367 e. The van der Waals surface area contributed by atoms with Crippen LogP contribution in [0.5, 0.6) is 0 Å². The average molecular weight is 410 g/mol. The second-order valence-corrected chi connectivity index (χ2v) is 8.02. The summed E-state index contributed by atoms with van der Waals surface area (Å²) in [5, 5.41) is 9.90. The number of aromatic nitrogens is 6. The number of anilines is 1. The number of piperazine rings is 1. The van der Waals surface area contributed by atoms with E-state index in [1.54, 1.807) is 6.20 Å². The van der Waals surface area contributed by atoms with Crippen molar-refractivity contribution in [2.24, 2.45) is 0 Å². The van der Waals surface area contributed by atoms with Crippen LogP contribution in [0.4, 0.5) is 5.69 Å². The quantitative estimate of drug-likeness (QED) is 0.474. The normalized spacial score (nSPS) is 15.2. The predicted octanol–water partition coefficient (Wildman–Crippen LogP) is 3.32. The molecular weight excluding hydrogens is 388 g/mol. The van der Waals surface area contributed by atoms with E-state index in [1.165, 1.54) is 11.1 Å². The van der Waals surface area contributed by atoms with Crippen LogP contribution in [-0.4, -0.2) is 68.3 Å². The van der Waals surface area contributed by atoms with Gasteiger partial charge in [-0.1, -0.05) is 0 Å². The number of aromatic amines is 2. The van der Waals surface area contributed by atoms with Gasteiger partial charge in [-0.15, -0.1) is 0 Å². The first-order chi connectivity index (χ1) is 15.3. The lowest BCUT2D eigenvalue weighted by Crippen LogP contribution is -2.44.